The van der Waals surface area contributed by atoms with Crippen LogP contribution in [0.3, 0.4) is 0 Å². The number of fused-ring (bicyclic) bond motifs is 1. The molecular formula is C28H32O16. The van der Waals surface area contributed by atoms with E-state index in [1.165, 1.54) is 25.3 Å². The summed E-state index contributed by atoms with van der Waals surface area (Å²) in [4.78, 5) is 13.3. The Morgan fingerprint density at radius 3 is 2.11 bits per heavy atom. The van der Waals surface area contributed by atoms with E-state index < -0.39 is 102 Å². The van der Waals surface area contributed by atoms with Gasteiger partial charge in [0.2, 0.25) is 0 Å². The Bertz CT molecular complexity index is 1550. The maximum atomic E-state index is 13.3. The summed E-state index contributed by atoms with van der Waals surface area (Å²) in [5, 5.41) is 103. The Balaban J connectivity index is 1.59. The van der Waals surface area contributed by atoms with Crippen LogP contribution >= 0.6 is 0 Å². The quantitative estimate of drug-likeness (QED) is 0.135. The smallest absolute Gasteiger partial charge is 0.197 e. The minimum absolute atomic E-state index is 0.0102. The normalized spacial score (nSPS) is 32.5. The van der Waals surface area contributed by atoms with Crippen molar-refractivity contribution >= 4 is 11.0 Å². The molecule has 2 fully saturated rings. The molecule has 5 rings (SSSR count). The van der Waals surface area contributed by atoms with Crippen LogP contribution < -0.4 is 10.2 Å². The monoisotopic (exact) mass is 624 g/mol. The summed E-state index contributed by atoms with van der Waals surface area (Å²) in [7, 11) is 1.33. The first-order valence-electron chi connectivity index (χ1n) is 13.4. The van der Waals surface area contributed by atoms with Crippen molar-refractivity contribution in [3.05, 3.63) is 46.1 Å². The number of phenolic OH excluding ortho intramolecular Hbond substituents is 3. The summed E-state index contributed by atoms with van der Waals surface area (Å²) in [6.45, 7) is -1.63. The first-order valence-corrected chi connectivity index (χ1v) is 13.4. The maximum Gasteiger partial charge on any atom is 0.197 e. The van der Waals surface area contributed by atoms with Crippen LogP contribution in [0.25, 0.3) is 22.3 Å². The van der Waals surface area contributed by atoms with Gasteiger partial charge in [-0.25, -0.2) is 0 Å². The zero-order valence-corrected chi connectivity index (χ0v) is 23.0. The van der Waals surface area contributed by atoms with Gasteiger partial charge >= 0.3 is 0 Å². The van der Waals surface area contributed by atoms with Crippen molar-refractivity contribution in [2.45, 2.75) is 61.2 Å². The first kappa shape index (κ1) is 31.9. The van der Waals surface area contributed by atoms with Crippen LogP contribution in [0.4, 0.5) is 0 Å². The lowest BCUT2D eigenvalue weighted by molar-refractivity contribution is -0.342. The van der Waals surface area contributed by atoms with Gasteiger partial charge < -0.3 is 74.4 Å². The van der Waals surface area contributed by atoms with E-state index >= 15 is 0 Å². The topological polar surface area (TPSA) is 269 Å². The molecule has 10 N–H and O–H groups in total. The lowest BCUT2D eigenvalue weighted by Gasteiger charge is -2.46. The predicted molar refractivity (Wildman–Crippen MR) is 145 cm³/mol. The summed E-state index contributed by atoms with van der Waals surface area (Å²) < 4.78 is 27.6. The molecule has 3 aromatic rings. The average molecular weight is 625 g/mol. The Labute approximate surface area is 247 Å². The molecule has 2 aliphatic rings. The third-order valence-corrected chi connectivity index (χ3v) is 7.77. The number of hydrogen-bond donors (Lipinski definition) is 10. The van der Waals surface area contributed by atoms with Crippen LogP contribution in [-0.4, -0.2) is 127 Å². The molecule has 1 aromatic heterocycles. The lowest BCUT2D eigenvalue weighted by Crippen LogP contribution is -2.62. The summed E-state index contributed by atoms with van der Waals surface area (Å²) in [5.41, 5.74) is -1.27. The maximum absolute atomic E-state index is 13.3. The van der Waals surface area contributed by atoms with E-state index in [0.29, 0.717) is 5.56 Å². The van der Waals surface area contributed by atoms with Gasteiger partial charge in [-0.1, -0.05) is 0 Å². The van der Waals surface area contributed by atoms with Crippen molar-refractivity contribution in [3.63, 3.8) is 0 Å². The fourth-order valence-electron chi connectivity index (χ4n) is 5.37. The standard InChI is InChI=1S/C28H32O16/c1-40-14-4-9(2-3-10(14)31)13-5-11(32)18-15(41-13)6-12(33)19(22(18)36)26-27(24(38)21(35)16(7-29)42-26)44-28-25(39)23(37)20(34)17(8-30)43-28/h2-6,16-17,20-21,23-31,33-39H,7-8H2,1H3/t16-,17+,20+,21+,23-,24-,25+,26-,27+,28-/m0/s1. The Hall–Kier alpha value is -3.55. The van der Waals surface area contributed by atoms with E-state index in [4.69, 9.17) is 23.4 Å². The van der Waals surface area contributed by atoms with E-state index in [9.17, 15) is 55.9 Å². The Kier molecular flexibility index (Phi) is 9.01. The second kappa shape index (κ2) is 12.4. The van der Waals surface area contributed by atoms with Crippen molar-refractivity contribution in [1.82, 2.24) is 0 Å². The van der Waals surface area contributed by atoms with Crippen molar-refractivity contribution in [3.8, 4) is 34.3 Å². The number of phenols is 3. The summed E-state index contributed by atoms with van der Waals surface area (Å²) in [6.07, 6.45) is -17.5. The number of rotatable bonds is 7. The van der Waals surface area contributed by atoms with Crippen LogP contribution in [-0.2, 0) is 14.2 Å². The highest BCUT2D eigenvalue weighted by Crippen LogP contribution is 2.46. The minimum Gasteiger partial charge on any atom is -0.507 e. The number of aromatic hydroxyl groups is 3. The second-order valence-electron chi connectivity index (χ2n) is 10.4. The minimum atomic E-state index is -1.93. The highest BCUT2D eigenvalue weighted by atomic mass is 16.7. The fourth-order valence-corrected chi connectivity index (χ4v) is 5.37. The van der Waals surface area contributed by atoms with Gasteiger partial charge in [-0.05, 0) is 18.2 Å². The molecule has 0 unspecified atom stereocenters. The molecule has 0 amide bonds. The first-order chi connectivity index (χ1) is 20.9. The molecule has 16 heteroatoms. The molecule has 0 bridgehead atoms. The van der Waals surface area contributed by atoms with Crippen molar-refractivity contribution in [2.24, 2.45) is 0 Å². The average Bonchev–Trinajstić information content (AvgIpc) is 3.00. The molecule has 0 spiro atoms. The van der Waals surface area contributed by atoms with Crippen LogP contribution in [0.15, 0.2) is 39.5 Å². The Morgan fingerprint density at radius 1 is 0.795 bits per heavy atom. The van der Waals surface area contributed by atoms with Gasteiger partial charge in [0.1, 0.15) is 83.2 Å². The van der Waals surface area contributed by atoms with Gasteiger partial charge in [-0.15, -0.1) is 0 Å². The summed E-state index contributed by atoms with van der Waals surface area (Å²) in [5.74, 6) is -1.68. The molecule has 16 nitrogen and oxygen atoms in total. The van der Waals surface area contributed by atoms with E-state index in [1.807, 2.05) is 0 Å². The van der Waals surface area contributed by atoms with Gasteiger partial charge in [0.15, 0.2) is 23.2 Å². The Morgan fingerprint density at radius 2 is 1.45 bits per heavy atom. The highest BCUT2D eigenvalue weighted by molar-refractivity contribution is 5.88. The van der Waals surface area contributed by atoms with Gasteiger partial charge in [0.25, 0.3) is 0 Å². The van der Waals surface area contributed by atoms with Gasteiger partial charge in [0.05, 0.1) is 25.9 Å². The molecule has 0 radical (unpaired) electrons. The summed E-state index contributed by atoms with van der Waals surface area (Å²) >= 11 is 0. The van der Waals surface area contributed by atoms with Crippen LogP contribution in [0.1, 0.15) is 11.7 Å². The molecule has 2 saturated heterocycles. The van der Waals surface area contributed by atoms with Crippen molar-refractivity contribution < 1.29 is 74.4 Å². The van der Waals surface area contributed by atoms with E-state index in [0.717, 1.165) is 12.1 Å². The molecule has 44 heavy (non-hydrogen) atoms. The van der Waals surface area contributed by atoms with Crippen LogP contribution in [0.2, 0.25) is 0 Å². The molecule has 240 valence electrons. The summed E-state index contributed by atoms with van der Waals surface area (Å²) in [6, 6.07) is 6.16. The van der Waals surface area contributed by atoms with Crippen LogP contribution in [0.5, 0.6) is 23.0 Å². The van der Waals surface area contributed by atoms with E-state index in [2.05, 4.69) is 0 Å². The molecule has 3 heterocycles. The van der Waals surface area contributed by atoms with E-state index in [1.54, 1.807) is 0 Å². The third kappa shape index (κ3) is 5.45. The SMILES string of the molecule is COc1cc(-c2cc(=O)c3c(O)c([C@@H]4O[C@@H](CO)[C@@H](O)[C@H](O)[C@H]4O[C@@H]4O[C@H](CO)[C@@H](O)[C@H](O)[C@H]4O)c(O)cc3o2)ccc1O. The number of aliphatic hydroxyl groups excluding tert-OH is 7. The molecule has 10 atom stereocenters. The number of aliphatic hydroxyl groups is 7. The highest BCUT2D eigenvalue weighted by Gasteiger charge is 2.52. The molecular weight excluding hydrogens is 592 g/mol. The van der Waals surface area contributed by atoms with Crippen molar-refractivity contribution in [2.75, 3.05) is 20.3 Å². The predicted octanol–water partition coefficient (Wildman–Crippen LogP) is -2.08. The number of hydrogen-bond acceptors (Lipinski definition) is 16. The molecule has 2 aromatic carbocycles. The van der Waals surface area contributed by atoms with Crippen LogP contribution in [0, 0.1) is 0 Å². The van der Waals surface area contributed by atoms with Gasteiger partial charge in [-0.2, -0.15) is 0 Å². The zero-order chi connectivity index (χ0) is 32.0. The second-order valence-corrected chi connectivity index (χ2v) is 10.4. The number of methoxy groups -OCH3 is 1. The number of benzene rings is 2. The molecule has 0 aliphatic carbocycles. The van der Waals surface area contributed by atoms with Gasteiger partial charge in [0, 0.05) is 17.7 Å². The van der Waals surface area contributed by atoms with Crippen molar-refractivity contribution in [1.29, 1.82) is 0 Å². The number of ether oxygens (including phenoxy) is 4. The molecule has 0 saturated carbocycles. The van der Waals surface area contributed by atoms with Gasteiger partial charge in [-0.3, -0.25) is 4.79 Å². The van der Waals surface area contributed by atoms with E-state index in [-0.39, 0.29) is 22.8 Å². The third-order valence-electron chi connectivity index (χ3n) is 7.77. The molecule has 2 aliphatic heterocycles. The largest absolute Gasteiger partial charge is 0.507 e. The zero-order valence-electron chi connectivity index (χ0n) is 23.0. The lowest BCUT2D eigenvalue weighted by atomic mass is 9.89. The fraction of sp³-hybridized carbons (Fsp3) is 0.464.